The summed E-state index contributed by atoms with van der Waals surface area (Å²) in [6.45, 7) is 9.61. The van der Waals surface area contributed by atoms with Crippen molar-refractivity contribution in [3.05, 3.63) is 29.8 Å². The lowest BCUT2D eigenvalue weighted by Gasteiger charge is -2.14. The molecule has 0 saturated carbocycles. The minimum Gasteiger partial charge on any atom is -0.493 e. The van der Waals surface area contributed by atoms with Crippen LogP contribution in [0.15, 0.2) is 24.3 Å². The minimum absolute atomic E-state index is 0.581. The Labute approximate surface area is 93.5 Å². The first-order valence-corrected chi connectivity index (χ1v) is 5.80. The van der Waals surface area contributed by atoms with Gasteiger partial charge in [0.25, 0.3) is 0 Å². The number of ether oxygens (including phenoxy) is 1. The number of para-hydroxylation sites is 1. The lowest BCUT2D eigenvalue weighted by Crippen LogP contribution is -2.07. The summed E-state index contributed by atoms with van der Waals surface area (Å²) in [5, 5.41) is 0. The van der Waals surface area contributed by atoms with Crippen molar-refractivity contribution in [2.45, 2.75) is 34.1 Å². The van der Waals surface area contributed by atoms with E-state index in [4.69, 9.17) is 4.74 Å². The summed E-state index contributed by atoms with van der Waals surface area (Å²) in [6, 6.07) is 8.36. The molecule has 0 atom stereocenters. The summed E-state index contributed by atoms with van der Waals surface area (Å²) in [4.78, 5) is 0. The molecule has 1 aromatic rings. The second kappa shape index (κ2) is 5.79. The summed E-state index contributed by atoms with van der Waals surface area (Å²) >= 11 is 0. The molecule has 0 bridgehead atoms. The van der Waals surface area contributed by atoms with Gasteiger partial charge < -0.3 is 4.74 Å². The van der Waals surface area contributed by atoms with Crippen molar-refractivity contribution in [1.82, 2.24) is 0 Å². The molecule has 0 spiro atoms. The van der Waals surface area contributed by atoms with E-state index in [1.807, 2.05) is 6.07 Å². The Hall–Kier alpha value is -0.980. The maximum atomic E-state index is 5.80. The number of rotatable bonds is 5. The van der Waals surface area contributed by atoms with Crippen LogP contribution in [0.25, 0.3) is 0 Å². The van der Waals surface area contributed by atoms with E-state index in [2.05, 4.69) is 45.9 Å². The predicted octanol–water partition coefficient (Wildman–Crippen LogP) is 3.92. The van der Waals surface area contributed by atoms with Crippen LogP contribution < -0.4 is 4.74 Å². The quantitative estimate of drug-likeness (QED) is 0.709. The summed E-state index contributed by atoms with van der Waals surface area (Å²) in [5.41, 5.74) is 1.33. The molecule has 0 amide bonds. The van der Waals surface area contributed by atoms with Crippen molar-refractivity contribution >= 4 is 0 Å². The molecule has 15 heavy (non-hydrogen) atoms. The van der Waals surface area contributed by atoms with E-state index in [0.29, 0.717) is 11.8 Å². The standard InChI is InChI=1S/C14H22O/c1-11(2)9-13-7-5-6-8-14(13)15-10-12(3)4/h5-8,11-12H,9-10H2,1-4H3. The number of hydrogen-bond acceptors (Lipinski definition) is 1. The molecule has 0 aliphatic heterocycles. The second-order valence-corrected chi connectivity index (χ2v) is 4.91. The van der Waals surface area contributed by atoms with E-state index < -0.39 is 0 Å². The van der Waals surface area contributed by atoms with E-state index in [1.54, 1.807) is 0 Å². The molecule has 1 nitrogen and oxygen atoms in total. The van der Waals surface area contributed by atoms with Crippen molar-refractivity contribution in [3.63, 3.8) is 0 Å². The van der Waals surface area contributed by atoms with E-state index in [-0.39, 0.29) is 0 Å². The fraction of sp³-hybridized carbons (Fsp3) is 0.571. The molecule has 0 aliphatic rings. The van der Waals surface area contributed by atoms with Gasteiger partial charge in [0.15, 0.2) is 0 Å². The molecule has 0 N–H and O–H groups in total. The average molecular weight is 206 g/mol. The molecule has 0 unspecified atom stereocenters. The Morgan fingerprint density at radius 1 is 1.00 bits per heavy atom. The molecule has 1 rings (SSSR count). The summed E-state index contributed by atoms with van der Waals surface area (Å²) in [7, 11) is 0. The highest BCUT2D eigenvalue weighted by molar-refractivity contribution is 5.33. The van der Waals surface area contributed by atoms with Gasteiger partial charge >= 0.3 is 0 Å². The van der Waals surface area contributed by atoms with Crippen LogP contribution in [0.3, 0.4) is 0 Å². The van der Waals surface area contributed by atoms with Crippen LogP contribution in [0.5, 0.6) is 5.75 Å². The van der Waals surface area contributed by atoms with Gasteiger partial charge in [-0.2, -0.15) is 0 Å². The van der Waals surface area contributed by atoms with Crippen LogP contribution in [-0.2, 0) is 6.42 Å². The molecular weight excluding hydrogens is 184 g/mol. The van der Waals surface area contributed by atoms with Crippen LogP contribution in [0.4, 0.5) is 0 Å². The van der Waals surface area contributed by atoms with Gasteiger partial charge in [0, 0.05) is 0 Å². The van der Waals surface area contributed by atoms with Gasteiger partial charge in [0.1, 0.15) is 5.75 Å². The highest BCUT2D eigenvalue weighted by Crippen LogP contribution is 2.21. The van der Waals surface area contributed by atoms with Crippen molar-refractivity contribution < 1.29 is 4.74 Å². The first-order valence-electron chi connectivity index (χ1n) is 5.80. The second-order valence-electron chi connectivity index (χ2n) is 4.91. The Bertz CT molecular complexity index is 289. The van der Waals surface area contributed by atoms with Gasteiger partial charge in [0.05, 0.1) is 6.61 Å². The van der Waals surface area contributed by atoms with Crippen molar-refractivity contribution in [2.75, 3.05) is 6.61 Å². The van der Waals surface area contributed by atoms with Gasteiger partial charge in [-0.05, 0) is 29.9 Å². The van der Waals surface area contributed by atoms with Crippen molar-refractivity contribution in [3.8, 4) is 5.75 Å². The third kappa shape index (κ3) is 4.37. The van der Waals surface area contributed by atoms with Gasteiger partial charge in [-0.15, -0.1) is 0 Å². The van der Waals surface area contributed by atoms with Gasteiger partial charge in [0.2, 0.25) is 0 Å². The van der Waals surface area contributed by atoms with Crippen LogP contribution in [-0.4, -0.2) is 6.61 Å². The van der Waals surface area contributed by atoms with Crippen LogP contribution in [0.1, 0.15) is 33.3 Å². The molecular formula is C14H22O. The molecule has 1 aromatic carbocycles. The van der Waals surface area contributed by atoms with Gasteiger partial charge in [-0.1, -0.05) is 45.9 Å². The van der Waals surface area contributed by atoms with Crippen molar-refractivity contribution in [1.29, 1.82) is 0 Å². The largest absolute Gasteiger partial charge is 0.493 e. The SMILES string of the molecule is CC(C)COc1ccccc1CC(C)C. The zero-order valence-electron chi connectivity index (χ0n) is 10.3. The van der Waals surface area contributed by atoms with Crippen LogP contribution in [0, 0.1) is 11.8 Å². The normalized spacial score (nSPS) is 11.1. The summed E-state index contributed by atoms with van der Waals surface area (Å²) < 4.78 is 5.80. The third-order valence-electron chi connectivity index (χ3n) is 2.17. The summed E-state index contributed by atoms with van der Waals surface area (Å²) in [6.07, 6.45) is 1.09. The molecule has 0 radical (unpaired) electrons. The van der Waals surface area contributed by atoms with E-state index in [0.717, 1.165) is 18.8 Å². The highest BCUT2D eigenvalue weighted by Gasteiger charge is 2.05. The lowest BCUT2D eigenvalue weighted by atomic mass is 10.0. The zero-order chi connectivity index (χ0) is 11.3. The first-order chi connectivity index (χ1) is 7.09. The third-order valence-corrected chi connectivity index (χ3v) is 2.17. The average Bonchev–Trinajstić information content (AvgIpc) is 2.15. The number of hydrogen-bond donors (Lipinski definition) is 0. The smallest absolute Gasteiger partial charge is 0.122 e. The molecule has 0 aromatic heterocycles. The Morgan fingerprint density at radius 3 is 2.27 bits per heavy atom. The Morgan fingerprint density at radius 2 is 1.67 bits per heavy atom. The maximum absolute atomic E-state index is 5.80. The highest BCUT2D eigenvalue weighted by atomic mass is 16.5. The molecule has 0 aliphatic carbocycles. The minimum atomic E-state index is 0.581. The summed E-state index contributed by atoms with van der Waals surface area (Å²) in [5.74, 6) is 2.31. The molecule has 0 saturated heterocycles. The molecule has 84 valence electrons. The van der Waals surface area contributed by atoms with Crippen LogP contribution in [0.2, 0.25) is 0 Å². The zero-order valence-corrected chi connectivity index (χ0v) is 10.3. The van der Waals surface area contributed by atoms with E-state index >= 15 is 0 Å². The van der Waals surface area contributed by atoms with Crippen LogP contribution >= 0.6 is 0 Å². The van der Waals surface area contributed by atoms with E-state index in [1.165, 1.54) is 5.56 Å². The maximum Gasteiger partial charge on any atom is 0.122 e. The lowest BCUT2D eigenvalue weighted by molar-refractivity contribution is 0.268. The van der Waals surface area contributed by atoms with Gasteiger partial charge in [-0.25, -0.2) is 0 Å². The topological polar surface area (TPSA) is 9.23 Å². The molecule has 0 fully saturated rings. The first kappa shape index (κ1) is 12.1. The monoisotopic (exact) mass is 206 g/mol. The van der Waals surface area contributed by atoms with Crippen molar-refractivity contribution in [2.24, 2.45) is 11.8 Å². The Kier molecular flexibility index (Phi) is 4.67. The number of benzene rings is 1. The predicted molar refractivity (Wildman–Crippen MR) is 65.3 cm³/mol. The fourth-order valence-corrected chi connectivity index (χ4v) is 1.51. The fourth-order valence-electron chi connectivity index (χ4n) is 1.51. The Balaban J connectivity index is 2.68. The van der Waals surface area contributed by atoms with Gasteiger partial charge in [-0.3, -0.25) is 0 Å². The molecule has 1 heteroatoms. The molecule has 0 heterocycles. The van der Waals surface area contributed by atoms with E-state index in [9.17, 15) is 0 Å².